The predicted octanol–water partition coefficient (Wildman–Crippen LogP) is 8.45. The first kappa shape index (κ1) is 23.7. The van der Waals surface area contributed by atoms with Crippen molar-refractivity contribution in [3.05, 3.63) is 52.1 Å². The van der Waals surface area contributed by atoms with Gasteiger partial charge in [-0.15, -0.1) is 0 Å². The molecule has 0 radical (unpaired) electrons. The van der Waals surface area contributed by atoms with E-state index in [1.807, 2.05) is 19.1 Å². The summed E-state index contributed by atoms with van der Waals surface area (Å²) >= 11 is 23.7. The Morgan fingerprint density at radius 1 is 1.04 bits per heavy atom. The van der Waals surface area contributed by atoms with Gasteiger partial charge in [-0.1, -0.05) is 90.5 Å². The van der Waals surface area contributed by atoms with Crippen molar-refractivity contribution < 1.29 is 4.74 Å². The fraction of sp³-hybridized carbons (Fsp3) is 0.524. The highest BCUT2D eigenvalue weighted by atomic mass is 35.6. The number of allylic oxidation sites excluding steroid dienone is 3. The zero-order chi connectivity index (χ0) is 20.0. The molecule has 0 N–H and O–H groups in total. The highest BCUT2D eigenvalue weighted by Crippen LogP contribution is 2.33. The van der Waals surface area contributed by atoms with Gasteiger partial charge in [0, 0.05) is 6.42 Å². The lowest BCUT2D eigenvalue weighted by Crippen LogP contribution is -2.10. The lowest BCUT2D eigenvalue weighted by Gasteiger charge is -2.20. The third-order valence-corrected chi connectivity index (χ3v) is 4.68. The Hall–Kier alpha value is -0.340. The number of benzene rings is 1. The Bertz CT molecular complexity index is 649. The standard InChI is InChI=1S/C21H28Cl4O/c1-15(7-6-8-16(2)14-21(23,24)25)11-12-26-19-10-9-17(13-18(19)22)20(3,4)5/h8-11,13H,6-7,12,14H2,1-5H3. The van der Waals surface area contributed by atoms with Gasteiger partial charge in [0.25, 0.3) is 0 Å². The van der Waals surface area contributed by atoms with Gasteiger partial charge in [0.15, 0.2) is 3.79 Å². The van der Waals surface area contributed by atoms with Crippen molar-refractivity contribution in [2.75, 3.05) is 6.61 Å². The van der Waals surface area contributed by atoms with Gasteiger partial charge in [-0.05, 0) is 55.9 Å². The molecule has 1 nitrogen and oxygen atoms in total. The van der Waals surface area contributed by atoms with E-state index in [1.165, 1.54) is 11.1 Å². The lowest BCUT2D eigenvalue weighted by molar-refractivity contribution is 0.361. The maximum Gasteiger partial charge on any atom is 0.194 e. The molecule has 0 aliphatic rings. The molecule has 1 aromatic carbocycles. The van der Waals surface area contributed by atoms with E-state index in [-0.39, 0.29) is 5.41 Å². The second kappa shape index (κ2) is 10.3. The Morgan fingerprint density at radius 2 is 1.69 bits per heavy atom. The van der Waals surface area contributed by atoms with Gasteiger partial charge in [-0.3, -0.25) is 0 Å². The Balaban J connectivity index is 2.50. The summed E-state index contributed by atoms with van der Waals surface area (Å²) < 4.78 is 4.57. The molecule has 5 heteroatoms. The fourth-order valence-electron chi connectivity index (χ4n) is 2.39. The molecule has 0 aliphatic carbocycles. The molecule has 146 valence electrons. The van der Waals surface area contributed by atoms with Crippen molar-refractivity contribution in [1.29, 1.82) is 0 Å². The van der Waals surface area contributed by atoms with Crippen LogP contribution in [-0.2, 0) is 5.41 Å². The molecule has 0 unspecified atom stereocenters. The van der Waals surface area contributed by atoms with Crippen LogP contribution in [-0.4, -0.2) is 10.4 Å². The Kier molecular flexibility index (Phi) is 9.36. The van der Waals surface area contributed by atoms with Crippen molar-refractivity contribution in [3.8, 4) is 5.75 Å². The van der Waals surface area contributed by atoms with Gasteiger partial charge in [0.2, 0.25) is 0 Å². The highest BCUT2D eigenvalue weighted by molar-refractivity contribution is 6.67. The predicted molar refractivity (Wildman–Crippen MR) is 117 cm³/mol. The Morgan fingerprint density at radius 3 is 2.23 bits per heavy atom. The van der Waals surface area contributed by atoms with Crippen LogP contribution >= 0.6 is 46.4 Å². The molecule has 0 amide bonds. The van der Waals surface area contributed by atoms with E-state index in [0.717, 1.165) is 18.4 Å². The second-order valence-electron chi connectivity index (χ2n) is 7.64. The molecule has 1 rings (SSSR count). The quantitative estimate of drug-likeness (QED) is 0.307. The van der Waals surface area contributed by atoms with Gasteiger partial charge in [-0.25, -0.2) is 0 Å². The van der Waals surface area contributed by atoms with Gasteiger partial charge in [-0.2, -0.15) is 0 Å². The molecule has 1 aromatic rings. The summed E-state index contributed by atoms with van der Waals surface area (Å²) in [6, 6.07) is 5.98. The van der Waals surface area contributed by atoms with Crippen LogP contribution in [0.4, 0.5) is 0 Å². The smallest absolute Gasteiger partial charge is 0.194 e. The van der Waals surface area contributed by atoms with Gasteiger partial charge >= 0.3 is 0 Å². The summed E-state index contributed by atoms with van der Waals surface area (Å²) in [6.45, 7) is 11.1. The first-order valence-corrected chi connectivity index (χ1v) is 10.2. The molecule has 26 heavy (non-hydrogen) atoms. The highest BCUT2D eigenvalue weighted by Gasteiger charge is 2.19. The Labute approximate surface area is 178 Å². The van der Waals surface area contributed by atoms with E-state index in [9.17, 15) is 0 Å². The molecule has 0 saturated heterocycles. The summed E-state index contributed by atoms with van der Waals surface area (Å²) in [6.07, 6.45) is 6.49. The minimum absolute atomic E-state index is 0.0698. The van der Waals surface area contributed by atoms with E-state index >= 15 is 0 Å². The minimum Gasteiger partial charge on any atom is -0.488 e. The van der Waals surface area contributed by atoms with E-state index in [1.54, 1.807) is 0 Å². The molecule has 0 bridgehead atoms. The second-order valence-corrected chi connectivity index (χ2v) is 10.6. The van der Waals surface area contributed by atoms with Crippen molar-refractivity contribution in [2.45, 2.75) is 63.1 Å². The van der Waals surface area contributed by atoms with E-state index in [2.05, 4.69) is 45.9 Å². The van der Waals surface area contributed by atoms with Crippen molar-refractivity contribution in [3.63, 3.8) is 0 Å². The molecular formula is C21H28Cl4O. The zero-order valence-corrected chi connectivity index (χ0v) is 19.2. The molecule has 0 heterocycles. The molecular weight excluding hydrogens is 410 g/mol. The normalized spacial score (nSPS) is 13.9. The van der Waals surface area contributed by atoms with Crippen LogP contribution in [0.25, 0.3) is 0 Å². The number of alkyl halides is 3. The molecule has 0 atom stereocenters. The lowest BCUT2D eigenvalue weighted by atomic mass is 9.87. The van der Waals surface area contributed by atoms with Crippen molar-refractivity contribution in [2.24, 2.45) is 0 Å². The van der Waals surface area contributed by atoms with Crippen LogP contribution in [0, 0.1) is 0 Å². The van der Waals surface area contributed by atoms with Crippen LogP contribution in [0.2, 0.25) is 5.02 Å². The monoisotopic (exact) mass is 436 g/mol. The first-order valence-electron chi connectivity index (χ1n) is 8.69. The fourth-order valence-corrected chi connectivity index (χ4v) is 3.26. The summed E-state index contributed by atoms with van der Waals surface area (Å²) in [4.78, 5) is 0. The maximum atomic E-state index is 6.34. The van der Waals surface area contributed by atoms with Crippen LogP contribution < -0.4 is 4.74 Å². The zero-order valence-electron chi connectivity index (χ0n) is 16.1. The third-order valence-electron chi connectivity index (χ3n) is 3.98. The number of rotatable bonds is 7. The number of hydrogen-bond acceptors (Lipinski definition) is 1. The molecule has 0 saturated carbocycles. The van der Waals surface area contributed by atoms with Crippen LogP contribution in [0.15, 0.2) is 41.5 Å². The number of hydrogen-bond donors (Lipinski definition) is 0. The van der Waals surface area contributed by atoms with Crippen molar-refractivity contribution >= 4 is 46.4 Å². The first-order chi connectivity index (χ1) is 11.9. The summed E-state index contributed by atoms with van der Waals surface area (Å²) in [7, 11) is 0. The van der Waals surface area contributed by atoms with Crippen molar-refractivity contribution in [1.82, 2.24) is 0 Å². The van der Waals surface area contributed by atoms with Gasteiger partial charge < -0.3 is 4.74 Å². The topological polar surface area (TPSA) is 9.23 Å². The molecule has 0 fully saturated rings. The average Bonchev–Trinajstić information content (AvgIpc) is 2.46. The van der Waals surface area contributed by atoms with Gasteiger partial charge in [0.1, 0.15) is 12.4 Å². The van der Waals surface area contributed by atoms with E-state index in [4.69, 9.17) is 51.1 Å². The number of halogens is 4. The van der Waals surface area contributed by atoms with Crippen LogP contribution in [0.5, 0.6) is 5.75 Å². The van der Waals surface area contributed by atoms with Gasteiger partial charge in [0.05, 0.1) is 5.02 Å². The van der Waals surface area contributed by atoms with E-state index < -0.39 is 3.79 Å². The average molecular weight is 438 g/mol. The summed E-state index contributed by atoms with van der Waals surface area (Å²) in [5.41, 5.74) is 3.60. The molecule has 0 spiro atoms. The number of ether oxygens (including phenoxy) is 1. The van der Waals surface area contributed by atoms with E-state index in [0.29, 0.717) is 23.8 Å². The minimum atomic E-state index is -1.22. The largest absolute Gasteiger partial charge is 0.488 e. The molecule has 0 aromatic heterocycles. The summed E-state index contributed by atoms with van der Waals surface area (Å²) in [5.74, 6) is 0.710. The van der Waals surface area contributed by atoms with Crippen LogP contribution in [0.1, 0.15) is 59.4 Å². The maximum absolute atomic E-state index is 6.34. The SMILES string of the molecule is CC(=CCOc1ccc(C(C)(C)C)cc1Cl)CCC=C(C)CC(Cl)(Cl)Cl. The third kappa shape index (κ3) is 9.55. The molecule has 0 aliphatic heterocycles. The summed E-state index contributed by atoms with van der Waals surface area (Å²) in [5, 5.41) is 0.647. The van der Waals surface area contributed by atoms with Crippen LogP contribution in [0.3, 0.4) is 0 Å².